The maximum absolute atomic E-state index is 12.6. The lowest BCUT2D eigenvalue weighted by Gasteiger charge is -2.26. The van der Waals surface area contributed by atoms with Crippen molar-refractivity contribution in [3.63, 3.8) is 0 Å². The molecule has 8 N–H and O–H groups in total. The van der Waals surface area contributed by atoms with E-state index in [1.54, 1.807) is 51.1 Å². The van der Waals surface area contributed by atoms with E-state index in [0.717, 1.165) is 0 Å². The molecule has 0 spiro atoms. The number of hydroxylamine groups is 1. The third-order valence-electron chi connectivity index (χ3n) is 4.49. The molecule has 0 aliphatic carbocycles. The minimum atomic E-state index is -1.87. The summed E-state index contributed by atoms with van der Waals surface area (Å²) in [5.41, 5.74) is 2.08. The van der Waals surface area contributed by atoms with Crippen LogP contribution in [0.4, 0.5) is 4.79 Å². The summed E-state index contributed by atoms with van der Waals surface area (Å²) < 4.78 is 5.20. The number of nitrogens with one attached hydrogen (secondary N) is 3. The average Bonchev–Trinajstić information content (AvgIpc) is 2.82. The number of urea groups is 1. The van der Waals surface area contributed by atoms with E-state index in [2.05, 4.69) is 16.1 Å². The first-order valence-corrected chi connectivity index (χ1v) is 10.9. The molecule has 3 amide bonds. The molecule has 1 aromatic rings. The molecule has 0 saturated carbocycles. The second kappa shape index (κ2) is 14.6. The van der Waals surface area contributed by atoms with Crippen molar-refractivity contribution < 1.29 is 49.5 Å². The number of aliphatic hydroxyl groups is 5. The molecular weight excluding hydrogens is 466 g/mol. The zero-order valence-electron chi connectivity index (χ0n) is 19.9. The van der Waals surface area contributed by atoms with Crippen molar-refractivity contribution in [2.45, 2.75) is 69.9 Å². The Balaban J connectivity index is 2.73. The summed E-state index contributed by atoms with van der Waals surface area (Å²) in [6.45, 7) is 3.54. The molecular formula is C22H35N3O10. The van der Waals surface area contributed by atoms with Gasteiger partial charge in [0.05, 0.1) is 24.7 Å². The normalized spacial score (nSPS) is 15.8. The van der Waals surface area contributed by atoms with Gasteiger partial charge in [-0.1, -0.05) is 30.3 Å². The van der Waals surface area contributed by atoms with E-state index < -0.39 is 73.5 Å². The molecule has 0 bridgehead atoms. The van der Waals surface area contributed by atoms with Gasteiger partial charge in [0.1, 0.15) is 31.0 Å². The number of esters is 1. The summed E-state index contributed by atoms with van der Waals surface area (Å²) in [5, 5.41) is 52.1. The Morgan fingerprint density at radius 3 is 2.14 bits per heavy atom. The molecule has 5 atom stereocenters. The van der Waals surface area contributed by atoms with Gasteiger partial charge in [0.15, 0.2) is 0 Å². The van der Waals surface area contributed by atoms with Gasteiger partial charge in [-0.05, 0) is 26.3 Å². The zero-order valence-corrected chi connectivity index (χ0v) is 19.9. The number of benzene rings is 1. The lowest BCUT2D eigenvalue weighted by molar-refractivity contribution is -0.149. The molecule has 13 nitrogen and oxygen atoms in total. The Morgan fingerprint density at radius 1 is 0.971 bits per heavy atom. The third-order valence-corrected chi connectivity index (χ3v) is 4.49. The number of carbonyl (C=O) groups excluding carboxylic acids is 3. The van der Waals surface area contributed by atoms with Gasteiger partial charge in [-0.25, -0.2) is 15.1 Å². The second-order valence-corrected chi connectivity index (χ2v) is 8.74. The van der Waals surface area contributed by atoms with Crippen LogP contribution in [0.2, 0.25) is 0 Å². The Bertz CT molecular complexity index is 802. The van der Waals surface area contributed by atoms with Gasteiger partial charge in [-0.15, -0.1) is 0 Å². The molecule has 0 fully saturated rings. The second-order valence-electron chi connectivity index (χ2n) is 8.74. The van der Waals surface area contributed by atoms with Crippen LogP contribution in [0, 0.1) is 0 Å². The minimum Gasteiger partial charge on any atom is -0.459 e. The van der Waals surface area contributed by atoms with Crippen LogP contribution < -0.4 is 16.1 Å². The highest BCUT2D eigenvalue weighted by Crippen LogP contribution is 2.07. The SMILES string of the molecule is CC(C)(C)ONC(=O)NC(CC(=O)NCC(O)C(O)C(O)C(O)CO)C(=O)OCc1ccccc1. The molecule has 13 heteroatoms. The summed E-state index contributed by atoms with van der Waals surface area (Å²) in [6.07, 6.45) is -7.71. The predicted molar refractivity (Wildman–Crippen MR) is 121 cm³/mol. The van der Waals surface area contributed by atoms with Crippen LogP contribution in [0.15, 0.2) is 30.3 Å². The van der Waals surface area contributed by atoms with Gasteiger partial charge in [-0.3, -0.25) is 9.63 Å². The summed E-state index contributed by atoms with van der Waals surface area (Å²) in [7, 11) is 0. The van der Waals surface area contributed by atoms with Crippen LogP contribution in [-0.4, -0.2) is 92.7 Å². The van der Waals surface area contributed by atoms with E-state index in [0.29, 0.717) is 5.56 Å². The highest BCUT2D eigenvalue weighted by molar-refractivity contribution is 5.88. The van der Waals surface area contributed by atoms with Crippen LogP contribution in [-0.2, 0) is 25.8 Å². The maximum Gasteiger partial charge on any atom is 0.339 e. The van der Waals surface area contributed by atoms with Crippen LogP contribution in [0.25, 0.3) is 0 Å². The summed E-state index contributed by atoms with van der Waals surface area (Å²) in [5.74, 6) is -1.70. The van der Waals surface area contributed by atoms with Crippen molar-refractivity contribution in [1.29, 1.82) is 0 Å². The standard InChI is InChI=1S/C22H35N3O10/c1-22(2,3)35-25-21(33)24-14(20(32)34-12-13-7-5-4-6-8-13)9-17(29)23-10-15(27)18(30)19(31)16(28)11-26/h4-8,14-16,18-19,26-28,30-31H,9-12H2,1-3H3,(H,23,29)(H2,24,25,33). The highest BCUT2D eigenvalue weighted by Gasteiger charge is 2.31. The molecule has 198 valence electrons. The molecule has 0 radical (unpaired) electrons. The molecule has 1 rings (SSSR count). The Labute approximate surface area is 203 Å². The van der Waals surface area contributed by atoms with Gasteiger partial charge in [0.2, 0.25) is 5.91 Å². The van der Waals surface area contributed by atoms with Crippen molar-refractivity contribution in [2.75, 3.05) is 13.2 Å². The van der Waals surface area contributed by atoms with Crippen LogP contribution >= 0.6 is 0 Å². The smallest absolute Gasteiger partial charge is 0.339 e. The van der Waals surface area contributed by atoms with Gasteiger partial charge in [0.25, 0.3) is 0 Å². The number of amides is 3. The zero-order chi connectivity index (χ0) is 26.6. The van der Waals surface area contributed by atoms with Crippen molar-refractivity contribution in [2.24, 2.45) is 0 Å². The maximum atomic E-state index is 12.6. The third kappa shape index (κ3) is 11.9. The van der Waals surface area contributed by atoms with E-state index in [1.165, 1.54) is 0 Å². The molecule has 0 heterocycles. The average molecular weight is 502 g/mol. The molecule has 1 aromatic carbocycles. The molecule has 0 saturated heterocycles. The fourth-order valence-electron chi connectivity index (χ4n) is 2.57. The first kappa shape index (κ1) is 30.2. The van der Waals surface area contributed by atoms with E-state index in [4.69, 9.17) is 14.7 Å². The number of aliphatic hydroxyl groups excluding tert-OH is 5. The highest BCUT2D eigenvalue weighted by atomic mass is 16.7. The van der Waals surface area contributed by atoms with Crippen molar-refractivity contribution >= 4 is 17.9 Å². The molecule has 0 aromatic heterocycles. The summed E-state index contributed by atoms with van der Waals surface area (Å²) in [6, 6.07) is 6.41. The molecule has 5 unspecified atom stereocenters. The van der Waals surface area contributed by atoms with Gasteiger partial charge < -0.3 is 40.9 Å². The van der Waals surface area contributed by atoms with Crippen LogP contribution in [0.1, 0.15) is 32.8 Å². The fourth-order valence-corrected chi connectivity index (χ4v) is 2.57. The number of carbonyl (C=O) groups is 3. The lowest BCUT2D eigenvalue weighted by Crippen LogP contribution is -2.52. The Kier molecular flexibility index (Phi) is 12.6. The lowest BCUT2D eigenvalue weighted by atomic mass is 10.0. The van der Waals surface area contributed by atoms with Crippen molar-refractivity contribution in [1.82, 2.24) is 16.1 Å². The van der Waals surface area contributed by atoms with E-state index in [1.807, 2.05) is 0 Å². The summed E-state index contributed by atoms with van der Waals surface area (Å²) >= 11 is 0. The van der Waals surface area contributed by atoms with Gasteiger partial charge in [-0.2, -0.15) is 0 Å². The van der Waals surface area contributed by atoms with Gasteiger partial charge >= 0.3 is 12.0 Å². The van der Waals surface area contributed by atoms with Crippen LogP contribution in [0.3, 0.4) is 0 Å². The predicted octanol–water partition coefficient (Wildman–Crippen LogP) is -1.93. The number of hydrogen-bond donors (Lipinski definition) is 8. The van der Waals surface area contributed by atoms with Gasteiger partial charge in [0, 0.05) is 6.54 Å². The molecule has 0 aliphatic heterocycles. The number of ether oxygens (including phenoxy) is 1. The van der Waals surface area contributed by atoms with E-state index in [-0.39, 0.29) is 6.61 Å². The molecule has 0 aliphatic rings. The molecule has 35 heavy (non-hydrogen) atoms. The van der Waals surface area contributed by atoms with E-state index >= 15 is 0 Å². The minimum absolute atomic E-state index is 0.102. The first-order valence-electron chi connectivity index (χ1n) is 10.9. The quantitative estimate of drug-likeness (QED) is 0.111. The number of rotatable bonds is 13. The van der Waals surface area contributed by atoms with E-state index in [9.17, 15) is 34.8 Å². The Hall–Kier alpha value is -2.81. The monoisotopic (exact) mass is 501 g/mol. The largest absolute Gasteiger partial charge is 0.459 e. The van der Waals surface area contributed by atoms with Crippen molar-refractivity contribution in [3.05, 3.63) is 35.9 Å². The van der Waals surface area contributed by atoms with Crippen LogP contribution in [0.5, 0.6) is 0 Å². The number of hydrogen-bond acceptors (Lipinski definition) is 10. The Morgan fingerprint density at radius 2 is 1.57 bits per heavy atom. The van der Waals surface area contributed by atoms with Crippen molar-refractivity contribution in [3.8, 4) is 0 Å². The summed E-state index contributed by atoms with van der Waals surface area (Å²) in [4.78, 5) is 42.2. The topological polar surface area (TPSA) is 207 Å². The first-order chi connectivity index (χ1) is 16.3. The fraction of sp³-hybridized carbons (Fsp3) is 0.591.